The Labute approximate surface area is 111 Å². The number of hydrogen-bond acceptors (Lipinski definition) is 1. The maximum atomic E-state index is 14.0. The molecule has 0 saturated carbocycles. The lowest BCUT2D eigenvalue weighted by Gasteiger charge is -2.26. The van der Waals surface area contributed by atoms with Crippen LogP contribution >= 0.6 is 0 Å². The molecule has 1 nitrogen and oxygen atoms in total. The van der Waals surface area contributed by atoms with Crippen LogP contribution in [0.4, 0.5) is 4.39 Å². The van der Waals surface area contributed by atoms with Crippen molar-refractivity contribution >= 4 is 0 Å². The maximum Gasteiger partial charge on any atom is 0.126 e. The van der Waals surface area contributed by atoms with E-state index >= 15 is 0 Å². The van der Waals surface area contributed by atoms with E-state index in [1.165, 1.54) is 0 Å². The molecule has 1 atom stereocenters. The second-order valence-electron chi connectivity index (χ2n) is 6.51. The molecule has 0 bridgehead atoms. The molecule has 0 fully saturated rings. The van der Waals surface area contributed by atoms with Crippen LogP contribution in [0, 0.1) is 5.82 Å². The fraction of sp³-hybridized carbons (Fsp3) is 0.625. The van der Waals surface area contributed by atoms with Gasteiger partial charge in [-0.15, -0.1) is 0 Å². The number of benzene rings is 1. The Morgan fingerprint density at radius 1 is 1.17 bits per heavy atom. The van der Waals surface area contributed by atoms with Gasteiger partial charge in [0.05, 0.1) is 0 Å². The zero-order valence-electron chi connectivity index (χ0n) is 12.5. The summed E-state index contributed by atoms with van der Waals surface area (Å²) in [5.74, 6) is 0.294. The first-order chi connectivity index (χ1) is 8.19. The van der Waals surface area contributed by atoms with E-state index < -0.39 is 0 Å². The fourth-order valence-corrected chi connectivity index (χ4v) is 2.21. The van der Waals surface area contributed by atoms with Gasteiger partial charge >= 0.3 is 0 Å². The van der Waals surface area contributed by atoms with Crippen LogP contribution in [0.25, 0.3) is 0 Å². The Bertz CT molecular complexity index is 391. The highest BCUT2D eigenvalue weighted by Gasteiger charge is 2.15. The quantitative estimate of drug-likeness (QED) is 0.842. The van der Waals surface area contributed by atoms with Crippen LogP contribution in [0.15, 0.2) is 18.2 Å². The van der Waals surface area contributed by atoms with Crippen molar-refractivity contribution in [1.29, 1.82) is 0 Å². The Balaban J connectivity index is 2.74. The molecule has 0 heterocycles. The highest BCUT2D eigenvalue weighted by molar-refractivity contribution is 5.27. The van der Waals surface area contributed by atoms with Crippen molar-refractivity contribution in [3.05, 3.63) is 35.1 Å². The van der Waals surface area contributed by atoms with Crippen LogP contribution < -0.4 is 5.32 Å². The summed E-state index contributed by atoms with van der Waals surface area (Å²) in [6, 6.07) is 5.90. The molecule has 0 aliphatic carbocycles. The average Bonchev–Trinajstić information content (AvgIpc) is 2.17. The molecular weight excluding hydrogens is 225 g/mol. The summed E-state index contributed by atoms with van der Waals surface area (Å²) in [5.41, 5.74) is 1.92. The van der Waals surface area contributed by atoms with Gasteiger partial charge in [0.2, 0.25) is 0 Å². The smallest absolute Gasteiger partial charge is 0.126 e. The van der Waals surface area contributed by atoms with Gasteiger partial charge in [-0.05, 0) is 57.2 Å². The predicted molar refractivity (Wildman–Crippen MR) is 76.5 cm³/mol. The molecule has 1 N–H and O–H groups in total. The van der Waals surface area contributed by atoms with Crippen molar-refractivity contribution < 1.29 is 4.39 Å². The minimum atomic E-state index is -0.0799. The third-order valence-corrected chi connectivity index (χ3v) is 2.95. The zero-order chi connectivity index (χ0) is 13.9. The SMILES string of the molecule is CC(Cc1ccc(C(C)C)cc1F)NC(C)(C)C. The molecular formula is C16H26FN. The topological polar surface area (TPSA) is 12.0 Å². The monoisotopic (exact) mass is 251 g/mol. The van der Waals surface area contributed by atoms with Gasteiger partial charge in [-0.1, -0.05) is 26.0 Å². The number of hydrogen-bond donors (Lipinski definition) is 1. The van der Waals surface area contributed by atoms with E-state index in [-0.39, 0.29) is 17.4 Å². The molecule has 0 aliphatic rings. The highest BCUT2D eigenvalue weighted by Crippen LogP contribution is 2.19. The van der Waals surface area contributed by atoms with Gasteiger partial charge in [0.15, 0.2) is 0 Å². The van der Waals surface area contributed by atoms with E-state index in [1.807, 2.05) is 12.1 Å². The molecule has 1 unspecified atom stereocenters. The number of nitrogens with one attached hydrogen (secondary N) is 1. The van der Waals surface area contributed by atoms with Crippen LogP contribution in [-0.4, -0.2) is 11.6 Å². The third-order valence-electron chi connectivity index (χ3n) is 2.95. The van der Waals surface area contributed by atoms with E-state index in [9.17, 15) is 4.39 Å². The summed E-state index contributed by atoms with van der Waals surface area (Å²) in [4.78, 5) is 0. The minimum absolute atomic E-state index is 0.0633. The summed E-state index contributed by atoms with van der Waals surface area (Å²) < 4.78 is 14.0. The van der Waals surface area contributed by atoms with Gasteiger partial charge in [0, 0.05) is 11.6 Å². The largest absolute Gasteiger partial charge is 0.309 e. The van der Waals surface area contributed by atoms with Crippen LogP contribution in [-0.2, 0) is 6.42 Å². The Hall–Kier alpha value is -0.890. The summed E-state index contributed by atoms with van der Waals surface area (Å²) >= 11 is 0. The lowest BCUT2D eigenvalue weighted by molar-refractivity contribution is 0.368. The van der Waals surface area contributed by atoms with Crippen molar-refractivity contribution in [3.8, 4) is 0 Å². The average molecular weight is 251 g/mol. The molecule has 18 heavy (non-hydrogen) atoms. The van der Waals surface area contributed by atoms with Crippen LogP contribution in [0.1, 0.15) is 58.6 Å². The molecule has 102 valence electrons. The van der Waals surface area contributed by atoms with Crippen molar-refractivity contribution in [2.45, 2.75) is 65.5 Å². The predicted octanol–water partition coefficient (Wildman–Crippen LogP) is 4.27. The minimum Gasteiger partial charge on any atom is -0.309 e. The summed E-state index contributed by atoms with van der Waals surface area (Å²) in [5, 5.41) is 3.47. The lowest BCUT2D eigenvalue weighted by atomic mass is 9.98. The molecule has 0 aliphatic heterocycles. The number of halogens is 1. The summed E-state index contributed by atoms with van der Waals surface area (Å²) in [6.45, 7) is 12.6. The normalized spacial score (nSPS) is 14.0. The molecule has 1 aromatic carbocycles. The van der Waals surface area contributed by atoms with Gasteiger partial charge in [-0.25, -0.2) is 4.39 Å². The van der Waals surface area contributed by atoms with Crippen molar-refractivity contribution in [1.82, 2.24) is 5.32 Å². The number of rotatable bonds is 4. The third kappa shape index (κ3) is 4.77. The van der Waals surface area contributed by atoms with E-state index in [2.05, 4.69) is 46.9 Å². The Kier molecular flexibility index (Phi) is 4.92. The first kappa shape index (κ1) is 15.2. The first-order valence-electron chi connectivity index (χ1n) is 6.75. The second kappa shape index (κ2) is 5.83. The molecule has 2 heteroatoms. The first-order valence-corrected chi connectivity index (χ1v) is 6.75. The molecule has 0 spiro atoms. The van der Waals surface area contributed by atoms with Crippen molar-refractivity contribution in [2.75, 3.05) is 0 Å². The molecule has 0 saturated heterocycles. The van der Waals surface area contributed by atoms with E-state index in [0.29, 0.717) is 5.92 Å². The second-order valence-corrected chi connectivity index (χ2v) is 6.51. The standard InChI is InChI=1S/C16H26FN/c1-11(2)13-7-8-14(15(17)10-13)9-12(3)18-16(4,5)6/h7-8,10-12,18H,9H2,1-6H3. The van der Waals surface area contributed by atoms with Crippen LogP contribution in [0.2, 0.25) is 0 Å². The molecule has 0 aromatic heterocycles. The van der Waals surface area contributed by atoms with Crippen LogP contribution in [0.3, 0.4) is 0 Å². The molecule has 1 aromatic rings. The van der Waals surface area contributed by atoms with Crippen molar-refractivity contribution in [2.24, 2.45) is 0 Å². The van der Waals surface area contributed by atoms with Gasteiger partial charge in [0.25, 0.3) is 0 Å². The van der Waals surface area contributed by atoms with Gasteiger partial charge < -0.3 is 5.32 Å². The zero-order valence-corrected chi connectivity index (χ0v) is 12.5. The van der Waals surface area contributed by atoms with Crippen molar-refractivity contribution in [3.63, 3.8) is 0 Å². The van der Waals surface area contributed by atoms with Gasteiger partial charge in [-0.3, -0.25) is 0 Å². The fourth-order valence-electron chi connectivity index (χ4n) is 2.21. The molecule has 1 rings (SSSR count). The summed E-state index contributed by atoms with van der Waals surface area (Å²) in [6.07, 6.45) is 0.724. The highest BCUT2D eigenvalue weighted by atomic mass is 19.1. The van der Waals surface area contributed by atoms with E-state index in [1.54, 1.807) is 6.07 Å². The maximum absolute atomic E-state index is 14.0. The Morgan fingerprint density at radius 2 is 1.78 bits per heavy atom. The lowest BCUT2D eigenvalue weighted by Crippen LogP contribution is -2.43. The van der Waals surface area contributed by atoms with E-state index in [0.717, 1.165) is 17.5 Å². The molecule has 0 amide bonds. The van der Waals surface area contributed by atoms with Gasteiger partial charge in [-0.2, -0.15) is 0 Å². The van der Waals surface area contributed by atoms with E-state index in [4.69, 9.17) is 0 Å². The van der Waals surface area contributed by atoms with Gasteiger partial charge in [0.1, 0.15) is 5.82 Å². The Morgan fingerprint density at radius 3 is 2.22 bits per heavy atom. The summed E-state index contributed by atoms with van der Waals surface area (Å²) in [7, 11) is 0. The molecule has 0 radical (unpaired) electrons. The van der Waals surface area contributed by atoms with Crippen LogP contribution in [0.5, 0.6) is 0 Å².